The molecule has 4 heterocycles. The van der Waals surface area contributed by atoms with Gasteiger partial charge in [-0.3, -0.25) is 19.2 Å². The fraction of sp³-hybridized carbons (Fsp3) is 0.818. The van der Waals surface area contributed by atoms with Crippen molar-refractivity contribution in [2.24, 2.45) is 5.73 Å². The number of nitrogens with two attached hydrogens (primary N) is 1. The zero-order valence-electron chi connectivity index (χ0n) is 20.7. The minimum absolute atomic E-state index is 0.0329. The number of β-amino-alcohol motifs (C(OH)–C–C–N with tert-alkyl or cyclic N) is 4. The third kappa shape index (κ3) is 5.62. The maximum atomic E-state index is 13.6. The number of hydrogen-bond acceptors (Lipinski definition) is 12. The van der Waals surface area contributed by atoms with Crippen molar-refractivity contribution in [2.45, 2.75) is 73.9 Å². The molecule has 4 rings (SSSR count). The number of carbonyl (C=O) groups is 4. The first kappa shape index (κ1) is 28.6. The number of hydrogen-bond donors (Lipinski definition) is 8. The third-order valence-electron chi connectivity index (χ3n) is 7.71. The van der Waals surface area contributed by atoms with Crippen molar-refractivity contribution in [3.05, 3.63) is 0 Å². The van der Waals surface area contributed by atoms with Crippen molar-refractivity contribution in [2.75, 3.05) is 39.3 Å². The van der Waals surface area contributed by atoms with Crippen LogP contribution in [0.2, 0.25) is 0 Å². The summed E-state index contributed by atoms with van der Waals surface area (Å²) in [6.45, 7) is -1.47. The van der Waals surface area contributed by atoms with E-state index in [-0.39, 0.29) is 52.0 Å². The Bertz CT molecular complexity index is 940. The van der Waals surface area contributed by atoms with Crippen molar-refractivity contribution < 1.29 is 49.8 Å². The largest absolute Gasteiger partial charge is 0.395 e. The quantitative estimate of drug-likeness (QED) is 0.156. The first-order chi connectivity index (χ1) is 17.9. The van der Waals surface area contributed by atoms with Gasteiger partial charge in [0.2, 0.25) is 23.6 Å². The predicted octanol–water partition coefficient (Wildman–Crippen LogP) is -6.74. The highest BCUT2D eigenvalue weighted by atomic mass is 16.3. The van der Waals surface area contributed by atoms with Crippen LogP contribution in [0, 0.1) is 0 Å². The molecule has 4 aliphatic rings. The molecule has 0 bridgehead atoms. The molecule has 0 aromatic rings. The summed E-state index contributed by atoms with van der Waals surface area (Å²) in [5.74, 6) is -2.68. The van der Waals surface area contributed by atoms with Crippen LogP contribution in [0.1, 0.15) is 19.3 Å². The van der Waals surface area contributed by atoms with Crippen LogP contribution >= 0.6 is 0 Å². The second-order valence-corrected chi connectivity index (χ2v) is 10.5. The van der Waals surface area contributed by atoms with Gasteiger partial charge < -0.3 is 51.1 Å². The van der Waals surface area contributed by atoms with E-state index < -0.39 is 84.9 Å². The van der Waals surface area contributed by atoms with Crippen LogP contribution < -0.4 is 11.2 Å². The van der Waals surface area contributed by atoms with Crippen molar-refractivity contribution in [3.63, 3.8) is 0 Å². The summed E-state index contributed by atoms with van der Waals surface area (Å²) < 4.78 is 0. The molecule has 4 saturated heterocycles. The average Bonchev–Trinajstić information content (AvgIpc) is 3.56. The van der Waals surface area contributed by atoms with Gasteiger partial charge in [-0.1, -0.05) is 0 Å². The Morgan fingerprint density at radius 2 is 1.21 bits per heavy atom. The van der Waals surface area contributed by atoms with Crippen LogP contribution in [0.3, 0.4) is 0 Å². The van der Waals surface area contributed by atoms with E-state index in [2.05, 4.69) is 5.43 Å². The Balaban J connectivity index is 1.47. The van der Waals surface area contributed by atoms with Crippen LogP contribution in [0.5, 0.6) is 0 Å². The predicted molar refractivity (Wildman–Crippen MR) is 125 cm³/mol. The average molecular weight is 545 g/mol. The van der Waals surface area contributed by atoms with Crippen LogP contribution in [0.25, 0.3) is 0 Å². The van der Waals surface area contributed by atoms with Gasteiger partial charge in [-0.25, -0.2) is 10.4 Å². The number of aliphatic hydroxyl groups excluding tert-OH is 6. The molecule has 16 heteroatoms. The van der Waals surface area contributed by atoms with E-state index in [0.29, 0.717) is 0 Å². The van der Waals surface area contributed by atoms with E-state index in [0.717, 1.165) is 14.7 Å². The maximum Gasteiger partial charge on any atom is 0.246 e. The Morgan fingerprint density at radius 1 is 0.737 bits per heavy atom. The summed E-state index contributed by atoms with van der Waals surface area (Å²) >= 11 is 0. The van der Waals surface area contributed by atoms with Crippen molar-refractivity contribution in [1.29, 1.82) is 0 Å². The van der Waals surface area contributed by atoms with E-state index >= 15 is 0 Å². The van der Waals surface area contributed by atoms with E-state index in [1.54, 1.807) is 0 Å². The first-order valence-corrected chi connectivity index (χ1v) is 12.6. The Labute approximate surface area is 218 Å². The van der Waals surface area contributed by atoms with Gasteiger partial charge in [-0.05, 0) is 0 Å². The molecule has 0 aromatic heterocycles. The minimum Gasteiger partial charge on any atom is -0.395 e. The van der Waals surface area contributed by atoms with E-state index in [1.807, 2.05) is 0 Å². The lowest BCUT2D eigenvalue weighted by Gasteiger charge is -2.40. The molecular weight excluding hydrogens is 508 g/mol. The third-order valence-corrected chi connectivity index (χ3v) is 7.71. The van der Waals surface area contributed by atoms with Crippen molar-refractivity contribution in [1.82, 2.24) is 25.1 Å². The normalized spacial score (nSPS) is 38.2. The van der Waals surface area contributed by atoms with Gasteiger partial charge in [0.25, 0.3) is 0 Å². The molecule has 9 N–H and O–H groups in total. The van der Waals surface area contributed by atoms with Gasteiger partial charge in [0.15, 0.2) is 0 Å². The van der Waals surface area contributed by atoms with Gasteiger partial charge in [0.05, 0.1) is 43.6 Å². The van der Waals surface area contributed by atoms with Gasteiger partial charge in [-0.15, -0.1) is 0 Å². The zero-order chi connectivity index (χ0) is 27.9. The van der Waals surface area contributed by atoms with Crippen molar-refractivity contribution in [3.8, 4) is 0 Å². The van der Waals surface area contributed by atoms with Crippen LogP contribution in [-0.4, -0.2) is 168 Å². The smallest absolute Gasteiger partial charge is 0.246 e. The summed E-state index contributed by atoms with van der Waals surface area (Å²) in [4.78, 5) is 55.4. The lowest BCUT2D eigenvalue weighted by molar-refractivity contribution is -0.151. The molecule has 0 aliphatic carbocycles. The summed E-state index contributed by atoms with van der Waals surface area (Å²) in [7, 11) is 0. The molecule has 0 radical (unpaired) electrons. The molecule has 0 spiro atoms. The molecule has 0 unspecified atom stereocenters. The lowest BCUT2D eigenvalue weighted by atomic mass is 10.0. The maximum absolute atomic E-state index is 13.6. The second-order valence-electron chi connectivity index (χ2n) is 10.5. The van der Waals surface area contributed by atoms with Gasteiger partial charge >= 0.3 is 0 Å². The van der Waals surface area contributed by atoms with E-state index in [4.69, 9.17) is 5.73 Å². The molecule has 16 nitrogen and oxygen atoms in total. The number of nitrogens with one attached hydrogen (secondary N) is 1. The summed E-state index contributed by atoms with van der Waals surface area (Å²) in [6.07, 6.45) is -5.72. The lowest BCUT2D eigenvalue weighted by Crippen LogP contribution is -2.65. The van der Waals surface area contributed by atoms with Gasteiger partial charge in [0, 0.05) is 45.4 Å². The van der Waals surface area contributed by atoms with Crippen LogP contribution in [0.4, 0.5) is 0 Å². The number of hydrazine groups is 1. The SMILES string of the molecule is NC(=O)[C@@H]1C[C@@H](O)CN1C(=O)[C@@H]1C[C@@H](O)CN1C(=O)[C@@H]1C[C@@H](O)CN1C(=O)CN1C[C@@H](O)[C@H](O)[C@@H](CO)N1. The minimum atomic E-state index is -1.24. The molecular formula is C22H36N6O10. The van der Waals surface area contributed by atoms with Gasteiger partial charge in [-0.2, -0.15) is 0 Å². The summed E-state index contributed by atoms with van der Waals surface area (Å²) in [5, 5.41) is 61.3. The number of nitrogens with zero attached hydrogens (tertiary/aromatic N) is 4. The fourth-order valence-corrected chi connectivity index (χ4v) is 5.80. The molecule has 0 aromatic carbocycles. The number of carbonyl (C=O) groups excluding carboxylic acids is 4. The molecule has 0 saturated carbocycles. The topological polar surface area (TPSA) is 241 Å². The van der Waals surface area contributed by atoms with Crippen LogP contribution in [0.15, 0.2) is 0 Å². The number of rotatable bonds is 6. The van der Waals surface area contributed by atoms with E-state index in [9.17, 15) is 49.8 Å². The number of primary amides is 1. The number of amides is 4. The Morgan fingerprint density at radius 3 is 1.74 bits per heavy atom. The highest BCUT2D eigenvalue weighted by Crippen LogP contribution is 2.29. The molecule has 38 heavy (non-hydrogen) atoms. The molecule has 4 fully saturated rings. The van der Waals surface area contributed by atoms with E-state index in [1.165, 1.54) is 5.01 Å². The molecule has 214 valence electrons. The molecule has 4 amide bonds. The summed E-state index contributed by atoms with van der Waals surface area (Å²) in [6, 6.07) is -4.24. The first-order valence-electron chi connectivity index (χ1n) is 12.6. The monoisotopic (exact) mass is 544 g/mol. The molecule has 9 atom stereocenters. The number of likely N-dealkylation sites (tertiary alicyclic amines) is 3. The highest BCUT2D eigenvalue weighted by molar-refractivity contribution is 5.95. The summed E-state index contributed by atoms with van der Waals surface area (Å²) in [5.41, 5.74) is 8.14. The van der Waals surface area contributed by atoms with Crippen molar-refractivity contribution >= 4 is 23.6 Å². The fourth-order valence-electron chi connectivity index (χ4n) is 5.80. The van der Waals surface area contributed by atoms with Crippen LogP contribution in [-0.2, 0) is 19.2 Å². The highest BCUT2D eigenvalue weighted by Gasteiger charge is 2.50. The second kappa shape index (κ2) is 11.4. The van der Waals surface area contributed by atoms with Gasteiger partial charge in [0.1, 0.15) is 24.2 Å². The Hall–Kier alpha value is -2.44. The Kier molecular flexibility index (Phi) is 8.53. The molecule has 4 aliphatic heterocycles. The number of aliphatic hydroxyl groups is 6. The zero-order valence-corrected chi connectivity index (χ0v) is 20.7. The standard InChI is InChI=1S/C22H36N6O10/c23-20(36)14-1-10(30)5-27(14)22(38)16-3-12(32)6-28(16)21(37)15-2-11(31)4-26(15)18(34)8-25-7-17(33)19(35)13(9-29)24-25/h10-17,19,24,29-33,35H,1-9H2,(H2,23,36)/t10-,11-,12-,13-,14+,15+,16+,17-,19-/m1/s1.